The number of benzene rings is 2. The number of aromatic nitrogens is 1. The van der Waals surface area contributed by atoms with Crippen molar-refractivity contribution < 1.29 is 9.53 Å². The number of hydrogen-bond acceptors (Lipinski definition) is 7. The average Bonchev–Trinajstić information content (AvgIpc) is 3.27. The number of nitrogen functional groups attached to an aromatic ring is 1. The number of fused-ring (bicyclic) bond motifs is 1. The predicted octanol–water partition coefficient (Wildman–Crippen LogP) is 5.34. The number of carbonyl (C=O) groups is 1. The van der Waals surface area contributed by atoms with Crippen molar-refractivity contribution in [3.8, 4) is 5.75 Å². The van der Waals surface area contributed by atoms with Crippen LogP contribution in [0.15, 0.2) is 60.8 Å². The fraction of sp³-hybridized carbons (Fsp3) is 0.259. The van der Waals surface area contributed by atoms with Gasteiger partial charge in [-0.2, -0.15) is 0 Å². The average molecular weight is 507 g/mol. The monoisotopic (exact) mass is 506 g/mol. The van der Waals surface area contributed by atoms with Crippen LogP contribution in [0.3, 0.4) is 0 Å². The molecule has 5 rings (SSSR count). The number of nitrogens with one attached hydrogen (secondary N) is 1. The van der Waals surface area contributed by atoms with Gasteiger partial charge in [0.05, 0.1) is 14.8 Å². The zero-order chi connectivity index (χ0) is 24.2. The highest BCUT2D eigenvalue weighted by Gasteiger charge is 2.15. The number of piperazine rings is 1. The van der Waals surface area contributed by atoms with Gasteiger partial charge in [-0.25, -0.2) is 4.98 Å². The number of Topliss-reactive ketones (excluding diaryl/α,β-unsaturated/α-hetero) is 1. The third kappa shape index (κ3) is 5.59. The molecule has 0 atom stereocenters. The van der Waals surface area contributed by atoms with Gasteiger partial charge in [0.15, 0.2) is 5.78 Å². The van der Waals surface area contributed by atoms with Crippen molar-refractivity contribution in [3.63, 3.8) is 0 Å². The molecule has 0 bridgehead atoms. The van der Waals surface area contributed by atoms with Gasteiger partial charge >= 0.3 is 0 Å². The third-order valence-electron chi connectivity index (χ3n) is 6.22. The zero-order valence-corrected chi connectivity index (χ0v) is 20.9. The molecule has 3 N–H and O–H groups in total. The van der Waals surface area contributed by atoms with Gasteiger partial charge in [-0.15, -0.1) is 11.3 Å². The van der Waals surface area contributed by atoms with Crippen molar-refractivity contribution in [1.82, 2.24) is 10.3 Å². The van der Waals surface area contributed by atoms with Gasteiger partial charge < -0.3 is 20.7 Å². The van der Waals surface area contributed by atoms with Crippen molar-refractivity contribution in [2.45, 2.75) is 19.4 Å². The minimum Gasteiger partial charge on any atom is -0.488 e. The Hall–Kier alpha value is -3.13. The van der Waals surface area contributed by atoms with E-state index >= 15 is 0 Å². The maximum Gasteiger partial charge on any atom is 0.173 e. The summed E-state index contributed by atoms with van der Waals surface area (Å²) in [5.74, 6) is 1.38. The van der Waals surface area contributed by atoms with Crippen molar-refractivity contribution in [2.75, 3.05) is 36.8 Å². The molecule has 4 aromatic rings. The summed E-state index contributed by atoms with van der Waals surface area (Å²) in [6, 6.07) is 17.9. The highest BCUT2D eigenvalue weighted by molar-refractivity contribution is 7.14. The summed E-state index contributed by atoms with van der Waals surface area (Å²) in [7, 11) is 0. The first-order chi connectivity index (χ1) is 17.1. The Morgan fingerprint density at radius 3 is 2.71 bits per heavy atom. The number of aryl methyl sites for hydroxylation is 1. The summed E-state index contributed by atoms with van der Waals surface area (Å²) >= 11 is 7.83. The van der Waals surface area contributed by atoms with Gasteiger partial charge in [0, 0.05) is 49.9 Å². The van der Waals surface area contributed by atoms with Gasteiger partial charge in [-0.05, 0) is 53.8 Å². The molecule has 0 amide bonds. The first-order valence-electron chi connectivity index (χ1n) is 11.7. The SMILES string of the molecule is Nc1nccc2cc(CCC(=O)c3cc(Cl)c(COc4ccc(N5CCNCC5)cc4)s3)ccc12. The molecule has 1 aliphatic heterocycles. The van der Waals surface area contributed by atoms with Gasteiger partial charge in [-0.1, -0.05) is 29.8 Å². The summed E-state index contributed by atoms with van der Waals surface area (Å²) in [6.45, 7) is 4.37. The zero-order valence-electron chi connectivity index (χ0n) is 19.3. The lowest BCUT2D eigenvalue weighted by Gasteiger charge is -2.29. The number of ketones is 1. The molecule has 0 unspecified atom stereocenters. The summed E-state index contributed by atoms with van der Waals surface area (Å²) in [6.07, 6.45) is 2.76. The fourth-order valence-electron chi connectivity index (χ4n) is 4.25. The Balaban J connectivity index is 1.17. The molecule has 6 nitrogen and oxygen atoms in total. The molecule has 3 heterocycles. The summed E-state index contributed by atoms with van der Waals surface area (Å²) in [5.41, 5.74) is 8.22. The quantitative estimate of drug-likeness (QED) is 0.314. The minimum atomic E-state index is 0.0814. The molecule has 35 heavy (non-hydrogen) atoms. The van der Waals surface area contributed by atoms with Crippen LogP contribution in [0.1, 0.15) is 26.5 Å². The van der Waals surface area contributed by atoms with E-state index in [1.165, 1.54) is 17.0 Å². The number of nitrogens with two attached hydrogens (primary N) is 1. The van der Waals surface area contributed by atoms with Crippen LogP contribution in [0, 0.1) is 0 Å². The number of halogens is 1. The number of pyridine rings is 1. The van der Waals surface area contributed by atoms with Gasteiger partial charge in [0.2, 0.25) is 0 Å². The number of ether oxygens (including phenoxy) is 1. The summed E-state index contributed by atoms with van der Waals surface area (Å²) < 4.78 is 5.96. The van der Waals surface area contributed by atoms with Crippen LogP contribution in [0.25, 0.3) is 10.8 Å². The normalized spacial score (nSPS) is 13.8. The second-order valence-corrected chi connectivity index (χ2v) is 10.1. The van der Waals surface area contributed by atoms with E-state index in [9.17, 15) is 4.79 Å². The van der Waals surface area contributed by atoms with Crippen LogP contribution in [0.2, 0.25) is 5.02 Å². The molecule has 2 aromatic carbocycles. The van der Waals surface area contributed by atoms with E-state index in [2.05, 4.69) is 33.4 Å². The van der Waals surface area contributed by atoms with Crippen molar-refractivity contribution in [1.29, 1.82) is 0 Å². The van der Waals surface area contributed by atoms with Crippen LogP contribution in [-0.4, -0.2) is 36.9 Å². The molecule has 1 fully saturated rings. The minimum absolute atomic E-state index is 0.0814. The number of thiophene rings is 1. The molecule has 0 spiro atoms. The molecule has 0 radical (unpaired) electrons. The summed E-state index contributed by atoms with van der Waals surface area (Å²) in [5, 5.41) is 5.90. The van der Waals surface area contributed by atoms with E-state index in [4.69, 9.17) is 22.1 Å². The Morgan fingerprint density at radius 1 is 1.11 bits per heavy atom. The van der Waals surface area contributed by atoms with Gasteiger partial charge in [-0.3, -0.25) is 4.79 Å². The maximum atomic E-state index is 12.8. The highest BCUT2D eigenvalue weighted by Crippen LogP contribution is 2.30. The van der Waals surface area contributed by atoms with E-state index in [0.717, 1.165) is 53.1 Å². The molecular formula is C27H27ClN4O2S. The smallest absolute Gasteiger partial charge is 0.173 e. The standard InChI is InChI=1S/C27H27ClN4O2S/c28-23-16-25(24(33)8-2-18-1-7-22-19(15-18)9-10-31-27(22)29)35-26(23)17-34-21-5-3-20(4-6-21)32-13-11-30-12-14-32/h1,3-7,9-10,15-16,30H,2,8,11-14,17H2,(H2,29,31). The maximum absolute atomic E-state index is 12.8. The van der Waals surface area contributed by atoms with Crippen LogP contribution in [-0.2, 0) is 13.0 Å². The molecule has 0 saturated carbocycles. The van der Waals surface area contributed by atoms with Gasteiger partial charge in [0.1, 0.15) is 18.2 Å². The Kier molecular flexibility index (Phi) is 7.18. The lowest BCUT2D eigenvalue weighted by Crippen LogP contribution is -2.43. The molecule has 1 aliphatic rings. The van der Waals surface area contributed by atoms with Crippen molar-refractivity contribution >= 4 is 51.0 Å². The fourth-order valence-corrected chi connectivity index (χ4v) is 5.53. The molecule has 2 aromatic heterocycles. The van der Waals surface area contributed by atoms with Crippen LogP contribution < -0.4 is 20.7 Å². The molecular weight excluding hydrogens is 480 g/mol. The first-order valence-corrected chi connectivity index (χ1v) is 12.9. The number of hydrogen-bond donors (Lipinski definition) is 2. The second kappa shape index (κ2) is 10.6. The number of nitrogens with zero attached hydrogens (tertiary/aromatic N) is 2. The Labute approximate surface area is 213 Å². The topological polar surface area (TPSA) is 80.5 Å². The van der Waals surface area contributed by atoms with E-state index in [1.54, 1.807) is 12.3 Å². The molecule has 180 valence electrons. The van der Waals surface area contributed by atoms with Crippen LogP contribution in [0.5, 0.6) is 5.75 Å². The Bertz CT molecular complexity index is 1330. The van der Waals surface area contributed by atoms with E-state index < -0.39 is 0 Å². The lowest BCUT2D eigenvalue weighted by molar-refractivity contribution is 0.0986. The largest absolute Gasteiger partial charge is 0.488 e. The van der Waals surface area contributed by atoms with Crippen LogP contribution in [0.4, 0.5) is 11.5 Å². The molecule has 0 aliphatic carbocycles. The van der Waals surface area contributed by atoms with Gasteiger partial charge in [0.25, 0.3) is 0 Å². The third-order valence-corrected chi connectivity index (χ3v) is 7.82. The lowest BCUT2D eigenvalue weighted by atomic mass is 10.0. The Morgan fingerprint density at radius 2 is 1.91 bits per heavy atom. The number of rotatable bonds is 8. The van der Waals surface area contributed by atoms with E-state index in [1.807, 2.05) is 30.3 Å². The van der Waals surface area contributed by atoms with E-state index in [-0.39, 0.29) is 5.78 Å². The molecule has 8 heteroatoms. The second-order valence-electron chi connectivity index (χ2n) is 8.58. The van der Waals surface area contributed by atoms with Crippen LogP contribution >= 0.6 is 22.9 Å². The van der Waals surface area contributed by atoms with Crippen molar-refractivity contribution in [2.24, 2.45) is 0 Å². The van der Waals surface area contributed by atoms with Crippen molar-refractivity contribution in [3.05, 3.63) is 81.1 Å². The first kappa shape index (κ1) is 23.6. The van der Waals surface area contributed by atoms with E-state index in [0.29, 0.717) is 35.2 Å². The predicted molar refractivity (Wildman–Crippen MR) is 144 cm³/mol. The summed E-state index contributed by atoms with van der Waals surface area (Å²) in [4.78, 5) is 20.8. The highest BCUT2D eigenvalue weighted by atomic mass is 35.5. The molecule has 1 saturated heterocycles. The number of anilines is 2. The number of carbonyl (C=O) groups excluding carboxylic acids is 1.